The first-order valence-electron chi connectivity index (χ1n) is 13.8. The van der Waals surface area contributed by atoms with E-state index in [9.17, 15) is 14.4 Å². The molecule has 0 radical (unpaired) electrons. The quantitative estimate of drug-likeness (QED) is 0.306. The molecule has 1 aromatic heterocycles. The molecule has 10 nitrogen and oxygen atoms in total. The molecule has 1 fully saturated rings. The number of aryl methyl sites for hydroxylation is 1. The van der Waals surface area contributed by atoms with E-state index in [1.54, 1.807) is 0 Å². The Kier molecular flexibility index (Phi) is 12.4. The van der Waals surface area contributed by atoms with Crippen LogP contribution >= 0.6 is 0 Å². The number of methoxy groups -OCH3 is 1. The summed E-state index contributed by atoms with van der Waals surface area (Å²) in [5, 5.41) is 2.62. The zero-order valence-corrected chi connectivity index (χ0v) is 23.7. The van der Waals surface area contributed by atoms with Crippen LogP contribution in [-0.4, -0.2) is 68.0 Å². The molecule has 0 unspecified atom stereocenters. The maximum atomic E-state index is 13.2. The molecule has 1 aliphatic rings. The van der Waals surface area contributed by atoms with Gasteiger partial charge in [0.15, 0.2) is 17.5 Å². The summed E-state index contributed by atoms with van der Waals surface area (Å²) in [7, 11) is 1.38. The van der Waals surface area contributed by atoms with Crippen molar-refractivity contribution in [1.82, 2.24) is 10.3 Å². The molecule has 1 saturated heterocycles. The van der Waals surface area contributed by atoms with Gasteiger partial charge in [-0.05, 0) is 31.7 Å². The van der Waals surface area contributed by atoms with E-state index in [1.807, 2.05) is 25.1 Å². The molecule has 0 saturated carbocycles. The van der Waals surface area contributed by atoms with Gasteiger partial charge in [0.2, 0.25) is 5.75 Å². The summed E-state index contributed by atoms with van der Waals surface area (Å²) in [5.74, 6) is -2.05. The number of carbonyl (C=O) groups is 3. The molecule has 4 atom stereocenters. The molecule has 3 rings (SSSR count). The van der Waals surface area contributed by atoms with Crippen LogP contribution in [0.2, 0.25) is 0 Å². The number of benzene rings is 1. The normalized spacial score (nSPS) is 21.4. The van der Waals surface area contributed by atoms with Crippen LogP contribution in [0.4, 0.5) is 0 Å². The van der Waals surface area contributed by atoms with Crippen molar-refractivity contribution >= 4 is 17.8 Å². The number of amides is 1. The fraction of sp³-hybridized carbons (Fsp3) is 0.533. The average Bonchev–Trinajstić information content (AvgIpc) is 2.99. The molecule has 0 bridgehead atoms. The van der Waals surface area contributed by atoms with Crippen LogP contribution in [0.1, 0.15) is 62.5 Å². The number of cyclic esters (lactones) is 1. The third kappa shape index (κ3) is 9.02. The lowest BCUT2D eigenvalue weighted by Crippen LogP contribution is -2.46. The minimum absolute atomic E-state index is 0.0327. The SMILES string of the molecule is CCCCCO[C@@H]1[C@@H](CCc2ccccc2)COC[C@H](NC(=O)c2nccc(OC)c2OC(C)=O)C(=O)O[C@H]1C. The fourth-order valence-electron chi connectivity index (χ4n) is 4.63. The van der Waals surface area contributed by atoms with Crippen molar-refractivity contribution in [2.24, 2.45) is 5.92 Å². The van der Waals surface area contributed by atoms with Crippen molar-refractivity contribution < 1.29 is 38.1 Å². The maximum absolute atomic E-state index is 13.2. The molecule has 1 aromatic carbocycles. The van der Waals surface area contributed by atoms with Gasteiger partial charge in [0.1, 0.15) is 6.10 Å². The van der Waals surface area contributed by atoms with Gasteiger partial charge in [0.05, 0.1) is 26.4 Å². The Morgan fingerprint density at radius 3 is 2.60 bits per heavy atom. The number of ether oxygens (including phenoxy) is 5. The largest absolute Gasteiger partial charge is 0.493 e. The van der Waals surface area contributed by atoms with Crippen LogP contribution in [0.3, 0.4) is 0 Å². The van der Waals surface area contributed by atoms with Crippen LogP contribution in [0.15, 0.2) is 42.6 Å². The highest BCUT2D eigenvalue weighted by molar-refractivity contribution is 5.98. The Morgan fingerprint density at radius 2 is 1.90 bits per heavy atom. The number of aromatic nitrogens is 1. The van der Waals surface area contributed by atoms with Gasteiger partial charge < -0.3 is 29.0 Å². The number of pyridine rings is 1. The third-order valence-electron chi connectivity index (χ3n) is 6.69. The summed E-state index contributed by atoms with van der Waals surface area (Å²) in [4.78, 5) is 42.0. The lowest BCUT2D eigenvalue weighted by Gasteiger charge is -2.31. The van der Waals surface area contributed by atoms with E-state index in [1.165, 1.54) is 31.9 Å². The second kappa shape index (κ2) is 15.9. The topological polar surface area (TPSA) is 122 Å². The van der Waals surface area contributed by atoms with Crippen molar-refractivity contribution in [2.45, 2.75) is 71.1 Å². The molecule has 2 heterocycles. The van der Waals surface area contributed by atoms with Gasteiger partial charge in [-0.2, -0.15) is 0 Å². The lowest BCUT2D eigenvalue weighted by molar-refractivity contribution is -0.160. The Bertz CT molecular complexity index is 1110. The van der Waals surface area contributed by atoms with E-state index in [-0.39, 0.29) is 35.8 Å². The Balaban J connectivity index is 1.76. The smallest absolute Gasteiger partial charge is 0.331 e. The van der Waals surface area contributed by atoms with E-state index < -0.39 is 30.0 Å². The summed E-state index contributed by atoms with van der Waals surface area (Å²) in [5.41, 5.74) is 1.00. The molecule has 0 spiro atoms. The lowest BCUT2D eigenvalue weighted by atomic mass is 9.92. The number of rotatable bonds is 12. The number of nitrogens with one attached hydrogen (secondary N) is 1. The summed E-state index contributed by atoms with van der Waals surface area (Å²) < 4.78 is 28.5. The minimum atomic E-state index is -1.11. The van der Waals surface area contributed by atoms with Crippen molar-refractivity contribution in [1.29, 1.82) is 0 Å². The van der Waals surface area contributed by atoms with E-state index in [0.717, 1.165) is 32.1 Å². The van der Waals surface area contributed by atoms with Crippen LogP contribution < -0.4 is 14.8 Å². The number of hydrogen-bond donors (Lipinski definition) is 1. The molecular weight excluding hydrogens is 516 g/mol. The molecule has 40 heavy (non-hydrogen) atoms. The zero-order valence-electron chi connectivity index (χ0n) is 23.7. The summed E-state index contributed by atoms with van der Waals surface area (Å²) in [6.07, 6.45) is 5.05. The minimum Gasteiger partial charge on any atom is -0.493 e. The number of hydrogen-bond acceptors (Lipinski definition) is 9. The van der Waals surface area contributed by atoms with Crippen LogP contribution in [0, 0.1) is 5.92 Å². The monoisotopic (exact) mass is 556 g/mol. The van der Waals surface area contributed by atoms with Crippen LogP contribution in [0.25, 0.3) is 0 Å². The highest BCUT2D eigenvalue weighted by Crippen LogP contribution is 2.30. The molecule has 10 heteroatoms. The Hall–Kier alpha value is -3.50. The van der Waals surface area contributed by atoms with Gasteiger partial charge in [-0.25, -0.2) is 9.78 Å². The molecule has 1 amide bonds. The van der Waals surface area contributed by atoms with Gasteiger partial charge in [-0.1, -0.05) is 50.1 Å². The van der Waals surface area contributed by atoms with E-state index in [0.29, 0.717) is 13.2 Å². The first kappa shape index (κ1) is 31.0. The Labute approximate surface area is 235 Å². The van der Waals surface area contributed by atoms with E-state index in [2.05, 4.69) is 29.4 Å². The second-order valence-corrected chi connectivity index (χ2v) is 9.82. The molecule has 1 N–H and O–H groups in total. The van der Waals surface area contributed by atoms with Gasteiger partial charge in [-0.3, -0.25) is 9.59 Å². The fourth-order valence-corrected chi connectivity index (χ4v) is 4.63. The highest BCUT2D eigenvalue weighted by atomic mass is 16.6. The van der Waals surface area contributed by atoms with Crippen molar-refractivity contribution in [3.05, 3.63) is 53.9 Å². The predicted octanol–water partition coefficient (Wildman–Crippen LogP) is 3.90. The third-order valence-corrected chi connectivity index (χ3v) is 6.69. The van der Waals surface area contributed by atoms with Crippen molar-refractivity contribution in [3.8, 4) is 11.5 Å². The summed E-state index contributed by atoms with van der Waals surface area (Å²) in [6, 6.07) is 10.5. The highest BCUT2D eigenvalue weighted by Gasteiger charge is 2.36. The first-order valence-corrected chi connectivity index (χ1v) is 13.8. The average molecular weight is 557 g/mol. The summed E-state index contributed by atoms with van der Waals surface area (Å²) >= 11 is 0. The number of unbranched alkanes of at least 4 members (excludes halogenated alkanes) is 2. The van der Waals surface area contributed by atoms with Gasteiger partial charge in [0.25, 0.3) is 5.91 Å². The number of esters is 2. The standard InChI is InChI=1S/C30H40N2O8/c1-5-6-10-17-38-27-20(2)39-30(35)24(19-37-18-23(27)14-13-22-11-8-7-9-12-22)32-29(34)26-28(40-21(3)33)25(36-4)15-16-31-26/h7-9,11-12,15-16,20,23-24,27H,5-6,10,13-14,17-19H2,1-4H3,(H,32,34)/t20-,23-,24-,27-/m0/s1. The Morgan fingerprint density at radius 1 is 1.12 bits per heavy atom. The van der Waals surface area contributed by atoms with E-state index in [4.69, 9.17) is 23.7 Å². The zero-order chi connectivity index (χ0) is 28.9. The molecule has 0 aliphatic carbocycles. The maximum Gasteiger partial charge on any atom is 0.331 e. The van der Waals surface area contributed by atoms with E-state index >= 15 is 0 Å². The number of nitrogens with zero attached hydrogens (tertiary/aromatic N) is 1. The first-order chi connectivity index (χ1) is 19.3. The molecule has 218 valence electrons. The van der Waals surface area contributed by atoms with Crippen molar-refractivity contribution in [2.75, 3.05) is 26.9 Å². The molecule has 2 aromatic rings. The predicted molar refractivity (Wildman–Crippen MR) is 147 cm³/mol. The van der Waals surface area contributed by atoms with Gasteiger partial charge in [0, 0.05) is 31.7 Å². The second-order valence-electron chi connectivity index (χ2n) is 9.82. The van der Waals surface area contributed by atoms with Crippen LogP contribution in [-0.2, 0) is 30.2 Å². The van der Waals surface area contributed by atoms with Crippen molar-refractivity contribution in [3.63, 3.8) is 0 Å². The molecular formula is C30H40N2O8. The molecule has 1 aliphatic heterocycles. The van der Waals surface area contributed by atoms with Gasteiger partial charge in [-0.15, -0.1) is 0 Å². The number of carbonyl (C=O) groups excluding carboxylic acids is 3. The van der Waals surface area contributed by atoms with Gasteiger partial charge >= 0.3 is 11.9 Å². The van der Waals surface area contributed by atoms with Crippen LogP contribution in [0.5, 0.6) is 11.5 Å². The summed E-state index contributed by atoms with van der Waals surface area (Å²) in [6.45, 7) is 5.93.